The molecular formula is C14H13NO5. The Kier molecular flexibility index (Phi) is 2.93. The third-order valence-electron chi connectivity index (χ3n) is 3.28. The zero-order chi connectivity index (χ0) is 14.3. The molecule has 20 heavy (non-hydrogen) atoms. The van der Waals surface area contributed by atoms with Gasteiger partial charge >= 0.3 is 11.9 Å². The minimum atomic E-state index is -1.03. The van der Waals surface area contributed by atoms with Crippen LogP contribution in [0.1, 0.15) is 18.1 Å². The maximum absolute atomic E-state index is 11.9. The van der Waals surface area contributed by atoms with E-state index >= 15 is 0 Å². The van der Waals surface area contributed by atoms with E-state index in [9.17, 15) is 9.59 Å². The van der Waals surface area contributed by atoms with Gasteiger partial charge in [0.2, 0.25) is 6.10 Å². The Labute approximate surface area is 115 Å². The molecule has 0 aromatic heterocycles. The van der Waals surface area contributed by atoms with Crippen molar-refractivity contribution in [2.45, 2.75) is 26.2 Å². The summed E-state index contributed by atoms with van der Waals surface area (Å²) in [6.07, 6.45) is -1.74. The predicted molar refractivity (Wildman–Crippen MR) is 67.7 cm³/mol. The average Bonchev–Trinajstić information content (AvgIpc) is 2.93. The summed E-state index contributed by atoms with van der Waals surface area (Å²) < 4.78 is 9.95. The second-order valence-corrected chi connectivity index (χ2v) is 4.80. The molecule has 1 fully saturated rings. The van der Waals surface area contributed by atoms with E-state index in [2.05, 4.69) is 5.16 Å². The molecule has 1 aromatic rings. The lowest BCUT2D eigenvalue weighted by Crippen LogP contribution is -2.31. The first-order valence-electron chi connectivity index (χ1n) is 6.25. The van der Waals surface area contributed by atoms with Crippen molar-refractivity contribution in [3.8, 4) is 0 Å². The first kappa shape index (κ1) is 12.7. The highest BCUT2D eigenvalue weighted by Crippen LogP contribution is 2.34. The molecule has 0 amide bonds. The van der Waals surface area contributed by atoms with Gasteiger partial charge in [-0.15, -0.1) is 0 Å². The number of rotatable bonds is 2. The number of hydrogen-bond donors (Lipinski definition) is 0. The Morgan fingerprint density at radius 3 is 2.65 bits per heavy atom. The third kappa shape index (κ3) is 2.03. The van der Waals surface area contributed by atoms with Crippen LogP contribution in [0, 0.1) is 12.8 Å². The average molecular weight is 275 g/mol. The number of esters is 2. The van der Waals surface area contributed by atoms with E-state index in [1.54, 1.807) is 0 Å². The number of fused-ring (bicyclic) bond motifs is 1. The number of aryl methyl sites for hydroxylation is 1. The van der Waals surface area contributed by atoms with Crippen LogP contribution in [0.2, 0.25) is 0 Å². The van der Waals surface area contributed by atoms with E-state index in [0.29, 0.717) is 5.71 Å². The number of oxime groups is 1. The number of carbonyl (C=O) groups is 2. The van der Waals surface area contributed by atoms with Gasteiger partial charge in [0.15, 0.2) is 0 Å². The summed E-state index contributed by atoms with van der Waals surface area (Å²) in [5.41, 5.74) is 2.41. The number of nitrogens with zero attached hydrogens (tertiary/aromatic N) is 1. The molecule has 0 N–H and O–H groups in total. The van der Waals surface area contributed by atoms with Crippen molar-refractivity contribution < 1.29 is 23.9 Å². The standard InChI is InChI=1S/C14H13NO5/c1-7-3-5-9(6-4-7)11-10-12(20-15-11)14(18-8(2)16)19-13(10)17/h3-6,10,12,14H,1-2H3/t10-,12+,14+/m1/s1. The lowest BCUT2D eigenvalue weighted by Gasteiger charge is -2.13. The first-order valence-corrected chi connectivity index (χ1v) is 6.25. The Hall–Kier alpha value is -2.37. The monoisotopic (exact) mass is 275 g/mol. The van der Waals surface area contributed by atoms with Crippen molar-refractivity contribution in [2.24, 2.45) is 11.1 Å². The van der Waals surface area contributed by atoms with Gasteiger partial charge in [0.25, 0.3) is 6.29 Å². The fourth-order valence-electron chi connectivity index (χ4n) is 2.31. The van der Waals surface area contributed by atoms with E-state index in [4.69, 9.17) is 14.3 Å². The van der Waals surface area contributed by atoms with E-state index in [0.717, 1.165) is 11.1 Å². The molecule has 2 aliphatic rings. The van der Waals surface area contributed by atoms with Gasteiger partial charge in [0.1, 0.15) is 11.6 Å². The highest BCUT2D eigenvalue weighted by atomic mass is 16.8. The summed E-state index contributed by atoms with van der Waals surface area (Å²) in [4.78, 5) is 28.1. The molecular weight excluding hydrogens is 262 g/mol. The van der Waals surface area contributed by atoms with Crippen molar-refractivity contribution >= 4 is 17.7 Å². The van der Waals surface area contributed by atoms with Gasteiger partial charge in [-0.1, -0.05) is 35.0 Å². The van der Waals surface area contributed by atoms with Crippen LogP contribution in [0.3, 0.4) is 0 Å². The van der Waals surface area contributed by atoms with Gasteiger partial charge in [-0.25, -0.2) is 0 Å². The largest absolute Gasteiger partial charge is 0.421 e. The van der Waals surface area contributed by atoms with Crippen molar-refractivity contribution in [3.63, 3.8) is 0 Å². The summed E-state index contributed by atoms with van der Waals surface area (Å²) in [7, 11) is 0. The van der Waals surface area contributed by atoms with Crippen LogP contribution in [-0.2, 0) is 23.9 Å². The molecule has 0 saturated carbocycles. The van der Waals surface area contributed by atoms with Crippen LogP contribution < -0.4 is 0 Å². The Morgan fingerprint density at radius 1 is 1.30 bits per heavy atom. The number of hydrogen-bond acceptors (Lipinski definition) is 6. The Morgan fingerprint density at radius 2 is 2.00 bits per heavy atom. The van der Waals surface area contributed by atoms with E-state index in [-0.39, 0.29) is 0 Å². The van der Waals surface area contributed by atoms with E-state index in [1.807, 2.05) is 31.2 Å². The number of benzene rings is 1. The van der Waals surface area contributed by atoms with Crippen molar-refractivity contribution in [1.82, 2.24) is 0 Å². The fourth-order valence-corrected chi connectivity index (χ4v) is 2.31. The second kappa shape index (κ2) is 4.63. The predicted octanol–water partition coefficient (Wildman–Crippen LogP) is 1.16. The van der Waals surface area contributed by atoms with Crippen molar-refractivity contribution in [1.29, 1.82) is 0 Å². The van der Waals surface area contributed by atoms with Crippen molar-refractivity contribution in [3.05, 3.63) is 35.4 Å². The van der Waals surface area contributed by atoms with Crippen LogP contribution in [0.5, 0.6) is 0 Å². The van der Waals surface area contributed by atoms with Crippen molar-refractivity contribution in [2.75, 3.05) is 0 Å². The lowest BCUT2D eigenvalue weighted by atomic mass is 9.93. The topological polar surface area (TPSA) is 74.2 Å². The minimum absolute atomic E-state index is 0.488. The minimum Gasteiger partial charge on any atom is -0.421 e. The Balaban J connectivity index is 1.85. The normalized spacial score (nSPS) is 27.4. The van der Waals surface area contributed by atoms with E-state index < -0.39 is 30.3 Å². The lowest BCUT2D eigenvalue weighted by molar-refractivity contribution is -0.188. The van der Waals surface area contributed by atoms with Crippen LogP contribution >= 0.6 is 0 Å². The summed E-state index contributed by atoms with van der Waals surface area (Å²) >= 11 is 0. The van der Waals surface area contributed by atoms with Gasteiger partial charge in [0, 0.05) is 12.5 Å². The van der Waals surface area contributed by atoms with Gasteiger partial charge in [0.05, 0.1) is 0 Å². The zero-order valence-electron chi connectivity index (χ0n) is 11.0. The molecule has 0 bridgehead atoms. The maximum Gasteiger partial charge on any atom is 0.322 e. The fraction of sp³-hybridized carbons (Fsp3) is 0.357. The van der Waals surface area contributed by atoms with Crippen LogP contribution in [0.15, 0.2) is 29.4 Å². The molecule has 0 radical (unpaired) electrons. The molecule has 0 aliphatic carbocycles. The quantitative estimate of drug-likeness (QED) is 0.757. The molecule has 6 nitrogen and oxygen atoms in total. The first-order chi connectivity index (χ1) is 9.56. The Bertz CT molecular complexity index is 592. The smallest absolute Gasteiger partial charge is 0.322 e. The number of cyclic esters (lactones) is 1. The molecule has 3 atom stereocenters. The molecule has 3 rings (SSSR count). The summed E-state index contributed by atoms with van der Waals surface area (Å²) in [6.45, 7) is 3.22. The number of carbonyl (C=O) groups excluding carboxylic acids is 2. The van der Waals surface area contributed by atoms with Gasteiger partial charge < -0.3 is 14.3 Å². The van der Waals surface area contributed by atoms with Crippen LogP contribution in [0.25, 0.3) is 0 Å². The molecule has 0 spiro atoms. The molecule has 2 heterocycles. The van der Waals surface area contributed by atoms with Crippen LogP contribution in [-0.4, -0.2) is 30.0 Å². The number of ether oxygens (including phenoxy) is 2. The summed E-state index contributed by atoms with van der Waals surface area (Å²) in [5.74, 6) is -1.67. The molecule has 1 aromatic carbocycles. The zero-order valence-corrected chi connectivity index (χ0v) is 11.0. The SMILES string of the molecule is CC(=O)O[C@H]1OC(=O)[C@@H]2C(c3ccc(C)cc3)=NO[C@H]12. The highest BCUT2D eigenvalue weighted by molar-refractivity contribution is 6.13. The molecule has 1 saturated heterocycles. The molecule has 6 heteroatoms. The van der Waals surface area contributed by atoms with Gasteiger partial charge in [-0.2, -0.15) is 0 Å². The highest BCUT2D eigenvalue weighted by Gasteiger charge is 2.55. The molecule has 2 aliphatic heterocycles. The van der Waals surface area contributed by atoms with Crippen LogP contribution in [0.4, 0.5) is 0 Å². The van der Waals surface area contributed by atoms with Gasteiger partial charge in [-0.05, 0) is 6.92 Å². The molecule has 0 unspecified atom stereocenters. The van der Waals surface area contributed by atoms with E-state index in [1.165, 1.54) is 6.92 Å². The summed E-state index contributed by atoms with van der Waals surface area (Å²) in [5, 5.41) is 3.95. The third-order valence-corrected chi connectivity index (χ3v) is 3.28. The second-order valence-electron chi connectivity index (χ2n) is 4.80. The summed E-state index contributed by atoms with van der Waals surface area (Å²) in [6, 6.07) is 7.59. The van der Waals surface area contributed by atoms with Gasteiger partial charge in [-0.3, -0.25) is 9.59 Å². The molecule has 104 valence electrons. The maximum atomic E-state index is 11.9.